The molecule has 0 spiro atoms. The van der Waals surface area contributed by atoms with Crippen molar-refractivity contribution in [1.29, 1.82) is 0 Å². The molecule has 1 aromatic carbocycles. The second-order valence-electron chi connectivity index (χ2n) is 6.28. The lowest BCUT2D eigenvalue weighted by molar-refractivity contribution is -0.144. The second-order valence-corrected chi connectivity index (χ2v) is 8.84. The molecular weight excluding hydrogens is 415 g/mol. The number of benzene rings is 1. The number of hydrogen-bond acceptors (Lipinski definition) is 6. The standard InChI is InChI=1S/C17H18ClFN2O6S/c1-10(8-28(3,25)26)21-16(23)13(12-5-4-6-14(19)15(12)18)7-20(17(21)24)9-27-11(2)22/h4-7,10H,8-9H2,1-3H3. The van der Waals surface area contributed by atoms with Crippen LogP contribution < -0.4 is 11.2 Å². The summed E-state index contributed by atoms with van der Waals surface area (Å²) in [6.45, 7) is 2.01. The van der Waals surface area contributed by atoms with E-state index in [2.05, 4.69) is 0 Å². The third-order valence-electron chi connectivity index (χ3n) is 3.82. The van der Waals surface area contributed by atoms with Crippen molar-refractivity contribution < 1.29 is 22.3 Å². The van der Waals surface area contributed by atoms with Crippen LogP contribution in [0.4, 0.5) is 4.39 Å². The van der Waals surface area contributed by atoms with Gasteiger partial charge in [0.2, 0.25) is 0 Å². The molecule has 28 heavy (non-hydrogen) atoms. The van der Waals surface area contributed by atoms with Crippen LogP contribution in [0.3, 0.4) is 0 Å². The monoisotopic (exact) mass is 432 g/mol. The molecule has 1 unspecified atom stereocenters. The van der Waals surface area contributed by atoms with Crippen LogP contribution in [0.15, 0.2) is 34.0 Å². The Labute approximate surface area is 165 Å². The number of ether oxygens (including phenoxy) is 1. The number of esters is 1. The van der Waals surface area contributed by atoms with Crippen molar-refractivity contribution in [3.05, 3.63) is 56.1 Å². The van der Waals surface area contributed by atoms with Gasteiger partial charge in [-0.05, 0) is 13.0 Å². The Kier molecular flexibility index (Phi) is 6.45. The van der Waals surface area contributed by atoms with E-state index in [0.717, 1.165) is 34.6 Å². The topological polar surface area (TPSA) is 104 Å². The molecule has 0 saturated heterocycles. The average Bonchev–Trinajstić information content (AvgIpc) is 2.55. The molecule has 0 aliphatic carbocycles. The molecule has 11 heteroatoms. The van der Waals surface area contributed by atoms with Crippen LogP contribution in [-0.2, 0) is 26.1 Å². The lowest BCUT2D eigenvalue weighted by Gasteiger charge is -2.18. The molecule has 0 aliphatic heterocycles. The van der Waals surface area contributed by atoms with Crippen LogP contribution in [0.25, 0.3) is 11.1 Å². The van der Waals surface area contributed by atoms with Gasteiger partial charge in [-0.2, -0.15) is 0 Å². The highest BCUT2D eigenvalue weighted by molar-refractivity contribution is 7.90. The van der Waals surface area contributed by atoms with E-state index in [1.807, 2.05) is 0 Å². The normalized spacial score (nSPS) is 12.6. The number of sulfone groups is 1. The highest BCUT2D eigenvalue weighted by atomic mass is 35.5. The fourth-order valence-electron chi connectivity index (χ4n) is 2.67. The number of halogens is 2. The van der Waals surface area contributed by atoms with E-state index in [4.69, 9.17) is 16.3 Å². The molecule has 2 rings (SSSR count). The van der Waals surface area contributed by atoms with Gasteiger partial charge in [0, 0.05) is 24.9 Å². The number of rotatable bonds is 6. The third kappa shape index (κ3) is 4.87. The molecule has 0 bridgehead atoms. The van der Waals surface area contributed by atoms with Crippen molar-refractivity contribution in [2.24, 2.45) is 0 Å². The Bertz CT molecular complexity index is 1140. The van der Waals surface area contributed by atoms with Crippen molar-refractivity contribution in [2.45, 2.75) is 26.6 Å². The zero-order valence-electron chi connectivity index (χ0n) is 15.3. The van der Waals surface area contributed by atoms with Gasteiger partial charge in [-0.3, -0.25) is 18.7 Å². The molecule has 1 atom stereocenters. The summed E-state index contributed by atoms with van der Waals surface area (Å²) in [5.74, 6) is -1.91. The molecule has 1 heterocycles. The molecule has 0 amide bonds. The summed E-state index contributed by atoms with van der Waals surface area (Å²) in [5.41, 5.74) is -1.84. The van der Waals surface area contributed by atoms with Gasteiger partial charge in [0.25, 0.3) is 5.56 Å². The molecule has 1 aromatic heterocycles. The molecule has 8 nitrogen and oxygen atoms in total. The minimum atomic E-state index is -3.52. The van der Waals surface area contributed by atoms with Crippen molar-refractivity contribution in [2.75, 3.05) is 12.0 Å². The first-order valence-electron chi connectivity index (χ1n) is 8.04. The molecule has 0 N–H and O–H groups in total. The first-order valence-corrected chi connectivity index (χ1v) is 10.5. The van der Waals surface area contributed by atoms with Gasteiger partial charge in [-0.15, -0.1) is 0 Å². The lowest BCUT2D eigenvalue weighted by atomic mass is 10.1. The minimum Gasteiger partial charge on any atom is -0.444 e. The first kappa shape index (κ1) is 21.8. The minimum absolute atomic E-state index is 0.0172. The molecule has 152 valence electrons. The fraction of sp³-hybridized carbons (Fsp3) is 0.353. The summed E-state index contributed by atoms with van der Waals surface area (Å²) in [6.07, 6.45) is 2.07. The molecule has 2 aromatic rings. The van der Waals surface area contributed by atoms with Gasteiger partial charge in [0.15, 0.2) is 6.73 Å². The Hall–Kier alpha value is -2.46. The Morgan fingerprint density at radius 3 is 2.50 bits per heavy atom. The van der Waals surface area contributed by atoms with Crippen LogP contribution in [0.1, 0.15) is 19.9 Å². The number of carbonyl (C=O) groups is 1. The van der Waals surface area contributed by atoms with Gasteiger partial charge >= 0.3 is 11.7 Å². The predicted octanol–water partition coefficient (Wildman–Crippen LogP) is 1.60. The average molecular weight is 433 g/mol. The molecular formula is C17H18ClFN2O6S. The van der Waals surface area contributed by atoms with Gasteiger partial charge in [0.1, 0.15) is 15.7 Å². The van der Waals surface area contributed by atoms with Gasteiger partial charge in [-0.25, -0.2) is 17.6 Å². The van der Waals surface area contributed by atoms with Crippen molar-refractivity contribution in [3.8, 4) is 11.1 Å². The predicted molar refractivity (Wildman–Crippen MR) is 102 cm³/mol. The summed E-state index contributed by atoms with van der Waals surface area (Å²) in [5, 5.41) is -0.334. The lowest BCUT2D eigenvalue weighted by Crippen LogP contribution is -2.43. The fourth-order valence-corrected chi connectivity index (χ4v) is 3.93. The number of carbonyl (C=O) groups excluding carboxylic acids is 1. The molecule has 0 aliphatic rings. The smallest absolute Gasteiger partial charge is 0.334 e. The largest absolute Gasteiger partial charge is 0.444 e. The van der Waals surface area contributed by atoms with E-state index in [-0.39, 0.29) is 16.1 Å². The highest BCUT2D eigenvalue weighted by Gasteiger charge is 2.22. The van der Waals surface area contributed by atoms with E-state index >= 15 is 0 Å². The zero-order valence-corrected chi connectivity index (χ0v) is 16.9. The summed E-state index contributed by atoms with van der Waals surface area (Å²) >= 11 is 5.97. The zero-order chi connectivity index (χ0) is 21.2. The SMILES string of the molecule is CC(=O)OCn1cc(-c2cccc(F)c2Cl)c(=O)n(C(C)CS(C)(=O)=O)c1=O. The van der Waals surface area contributed by atoms with Gasteiger partial charge in [-0.1, -0.05) is 23.7 Å². The van der Waals surface area contributed by atoms with Gasteiger partial charge < -0.3 is 4.74 Å². The van der Waals surface area contributed by atoms with Crippen LogP contribution in [0.2, 0.25) is 5.02 Å². The molecule has 0 saturated carbocycles. The Balaban J connectivity index is 2.78. The number of aromatic nitrogens is 2. The number of nitrogens with zero attached hydrogens (tertiary/aromatic N) is 2. The van der Waals surface area contributed by atoms with E-state index in [9.17, 15) is 27.2 Å². The first-order chi connectivity index (χ1) is 12.9. The van der Waals surface area contributed by atoms with Crippen LogP contribution >= 0.6 is 11.6 Å². The quantitative estimate of drug-likeness (QED) is 0.642. The molecule has 0 fully saturated rings. The van der Waals surface area contributed by atoms with Crippen LogP contribution in [0.5, 0.6) is 0 Å². The second kappa shape index (κ2) is 8.27. The number of hydrogen-bond donors (Lipinski definition) is 0. The van der Waals surface area contributed by atoms with Gasteiger partial charge in [0.05, 0.1) is 22.4 Å². The van der Waals surface area contributed by atoms with E-state index in [0.29, 0.717) is 0 Å². The van der Waals surface area contributed by atoms with Crippen LogP contribution in [-0.4, -0.2) is 35.5 Å². The highest BCUT2D eigenvalue weighted by Crippen LogP contribution is 2.27. The molecule has 0 radical (unpaired) electrons. The van der Waals surface area contributed by atoms with Crippen molar-refractivity contribution >= 4 is 27.4 Å². The maximum atomic E-state index is 13.9. The Morgan fingerprint density at radius 1 is 1.29 bits per heavy atom. The van der Waals surface area contributed by atoms with E-state index in [1.165, 1.54) is 19.1 Å². The third-order valence-corrected chi connectivity index (χ3v) is 5.29. The summed E-state index contributed by atoms with van der Waals surface area (Å²) in [7, 11) is -3.52. The maximum Gasteiger partial charge on any atom is 0.334 e. The summed E-state index contributed by atoms with van der Waals surface area (Å²) < 4.78 is 43.6. The van der Waals surface area contributed by atoms with E-state index < -0.39 is 51.4 Å². The van der Waals surface area contributed by atoms with Crippen molar-refractivity contribution in [1.82, 2.24) is 9.13 Å². The summed E-state index contributed by atoms with van der Waals surface area (Å²) in [6, 6.07) is 2.80. The maximum absolute atomic E-state index is 13.9. The van der Waals surface area contributed by atoms with Crippen molar-refractivity contribution in [3.63, 3.8) is 0 Å². The Morgan fingerprint density at radius 2 is 1.93 bits per heavy atom. The summed E-state index contributed by atoms with van der Waals surface area (Å²) in [4.78, 5) is 36.7. The van der Waals surface area contributed by atoms with E-state index in [1.54, 1.807) is 0 Å². The van der Waals surface area contributed by atoms with Crippen LogP contribution in [0, 0.1) is 5.82 Å².